The van der Waals surface area contributed by atoms with Crippen molar-refractivity contribution in [3.8, 4) is 0 Å². The molecular formula is C14H20Cl2IN3O2. The highest BCUT2D eigenvalue weighted by molar-refractivity contribution is 14.0. The lowest BCUT2D eigenvalue weighted by Crippen LogP contribution is -2.38. The van der Waals surface area contributed by atoms with E-state index >= 15 is 0 Å². The fourth-order valence-corrected chi connectivity index (χ4v) is 2.01. The molecule has 0 unspecified atom stereocenters. The fraction of sp³-hybridized carbons (Fsp3) is 0.429. The van der Waals surface area contributed by atoms with Gasteiger partial charge in [0.2, 0.25) is 0 Å². The van der Waals surface area contributed by atoms with Gasteiger partial charge in [-0.2, -0.15) is 0 Å². The van der Waals surface area contributed by atoms with Crippen molar-refractivity contribution in [1.82, 2.24) is 10.6 Å². The molecule has 0 aromatic heterocycles. The zero-order valence-electron chi connectivity index (χ0n) is 12.5. The van der Waals surface area contributed by atoms with Gasteiger partial charge in [0, 0.05) is 23.1 Å². The van der Waals surface area contributed by atoms with E-state index in [1.54, 1.807) is 12.1 Å². The van der Waals surface area contributed by atoms with Crippen LogP contribution < -0.4 is 10.6 Å². The van der Waals surface area contributed by atoms with E-state index in [0.29, 0.717) is 29.1 Å². The molecule has 0 aliphatic carbocycles. The standard InChI is InChI=1S/C14H19Cl2N3O2.HI/c1-3-17-14(18-7-6-13(20)21-2)19-9-10-4-5-11(15)8-12(10)16;/h4-5,8H,3,6-7,9H2,1-2H3,(H2,17,18,19);1H. The van der Waals surface area contributed by atoms with Gasteiger partial charge in [0.05, 0.1) is 20.1 Å². The van der Waals surface area contributed by atoms with Gasteiger partial charge in [-0.3, -0.25) is 4.79 Å². The molecule has 2 N–H and O–H groups in total. The summed E-state index contributed by atoms with van der Waals surface area (Å²) in [5.74, 6) is 0.353. The Morgan fingerprint density at radius 2 is 2.05 bits per heavy atom. The molecule has 0 aliphatic heterocycles. The van der Waals surface area contributed by atoms with Gasteiger partial charge in [-0.15, -0.1) is 24.0 Å². The van der Waals surface area contributed by atoms with Gasteiger partial charge < -0.3 is 15.4 Å². The summed E-state index contributed by atoms with van der Waals surface area (Å²) in [7, 11) is 1.37. The number of ether oxygens (including phenoxy) is 1. The smallest absolute Gasteiger partial charge is 0.307 e. The van der Waals surface area contributed by atoms with Crippen LogP contribution in [0.1, 0.15) is 18.9 Å². The van der Waals surface area contributed by atoms with E-state index in [2.05, 4.69) is 20.4 Å². The molecule has 0 radical (unpaired) electrons. The second-order valence-electron chi connectivity index (χ2n) is 4.18. The number of halogens is 3. The van der Waals surface area contributed by atoms with E-state index in [4.69, 9.17) is 23.2 Å². The minimum absolute atomic E-state index is 0. The summed E-state index contributed by atoms with van der Waals surface area (Å²) in [5.41, 5.74) is 0.881. The third-order valence-corrected chi connectivity index (χ3v) is 3.20. The Morgan fingerprint density at radius 3 is 2.64 bits per heavy atom. The third-order valence-electron chi connectivity index (χ3n) is 2.62. The van der Waals surface area contributed by atoms with E-state index in [9.17, 15) is 4.79 Å². The number of methoxy groups -OCH3 is 1. The van der Waals surface area contributed by atoms with Crippen LogP contribution in [0.5, 0.6) is 0 Å². The van der Waals surface area contributed by atoms with Crippen molar-refractivity contribution in [2.45, 2.75) is 19.9 Å². The second-order valence-corrected chi connectivity index (χ2v) is 5.03. The lowest BCUT2D eigenvalue weighted by Gasteiger charge is -2.11. The maximum absolute atomic E-state index is 11.1. The van der Waals surface area contributed by atoms with Gasteiger partial charge in [0.15, 0.2) is 5.96 Å². The van der Waals surface area contributed by atoms with Crippen molar-refractivity contribution in [2.24, 2.45) is 4.99 Å². The molecule has 124 valence electrons. The molecule has 22 heavy (non-hydrogen) atoms. The Bertz CT molecular complexity index is 513. The lowest BCUT2D eigenvalue weighted by atomic mass is 10.2. The van der Waals surface area contributed by atoms with Crippen LogP contribution in [0.2, 0.25) is 10.0 Å². The number of nitrogens with one attached hydrogen (secondary N) is 2. The van der Waals surface area contributed by atoms with Crippen LogP contribution in [0.15, 0.2) is 23.2 Å². The molecule has 0 saturated heterocycles. The number of hydrogen-bond donors (Lipinski definition) is 2. The summed E-state index contributed by atoms with van der Waals surface area (Å²) < 4.78 is 4.58. The Hall–Kier alpha value is -0.730. The van der Waals surface area contributed by atoms with E-state index in [1.165, 1.54) is 7.11 Å². The van der Waals surface area contributed by atoms with Crippen molar-refractivity contribution in [3.63, 3.8) is 0 Å². The SMILES string of the molecule is CCNC(=NCc1ccc(Cl)cc1Cl)NCCC(=O)OC.I. The van der Waals surface area contributed by atoms with E-state index < -0.39 is 0 Å². The molecule has 1 aromatic carbocycles. The first-order valence-corrected chi connectivity index (χ1v) is 7.35. The van der Waals surface area contributed by atoms with E-state index in [1.807, 2.05) is 13.0 Å². The number of carbonyl (C=O) groups excluding carboxylic acids is 1. The van der Waals surface area contributed by atoms with Gasteiger partial charge in [0.25, 0.3) is 0 Å². The molecule has 0 heterocycles. The molecule has 8 heteroatoms. The van der Waals surface area contributed by atoms with E-state index in [0.717, 1.165) is 12.1 Å². The van der Waals surface area contributed by atoms with Crippen LogP contribution in [0.3, 0.4) is 0 Å². The van der Waals surface area contributed by atoms with Crippen molar-refractivity contribution in [3.05, 3.63) is 33.8 Å². The molecule has 0 fully saturated rings. The summed E-state index contributed by atoms with van der Waals surface area (Å²) in [5, 5.41) is 7.32. The Balaban J connectivity index is 0.00000441. The predicted octanol–water partition coefficient (Wildman–Crippen LogP) is 3.23. The number of carbonyl (C=O) groups is 1. The number of guanidine groups is 1. The van der Waals surface area contributed by atoms with Crippen LogP contribution in [-0.2, 0) is 16.1 Å². The Kier molecular flexibility index (Phi) is 11.4. The normalized spacial score (nSPS) is 10.6. The molecule has 0 spiro atoms. The minimum Gasteiger partial charge on any atom is -0.469 e. The van der Waals surface area contributed by atoms with Crippen LogP contribution in [0, 0.1) is 0 Å². The van der Waals surface area contributed by atoms with Crippen molar-refractivity contribution in [2.75, 3.05) is 20.2 Å². The Labute approximate surface area is 157 Å². The van der Waals surface area contributed by atoms with Crippen LogP contribution in [0.25, 0.3) is 0 Å². The third kappa shape index (κ3) is 8.05. The van der Waals surface area contributed by atoms with Crippen LogP contribution in [0.4, 0.5) is 0 Å². The monoisotopic (exact) mass is 459 g/mol. The summed E-state index contributed by atoms with van der Waals surface area (Å²) in [6.45, 7) is 3.56. The summed E-state index contributed by atoms with van der Waals surface area (Å²) in [6.07, 6.45) is 0.280. The first-order chi connectivity index (χ1) is 10.1. The average Bonchev–Trinajstić information content (AvgIpc) is 2.45. The molecule has 0 bridgehead atoms. The topological polar surface area (TPSA) is 62.7 Å². The summed E-state index contributed by atoms with van der Waals surface area (Å²) in [4.78, 5) is 15.5. The number of rotatable bonds is 6. The highest BCUT2D eigenvalue weighted by Crippen LogP contribution is 2.21. The zero-order valence-corrected chi connectivity index (χ0v) is 16.3. The zero-order chi connectivity index (χ0) is 15.7. The van der Waals surface area contributed by atoms with Crippen molar-refractivity contribution in [1.29, 1.82) is 0 Å². The highest BCUT2D eigenvalue weighted by Gasteiger charge is 2.04. The lowest BCUT2D eigenvalue weighted by molar-refractivity contribution is -0.140. The maximum Gasteiger partial charge on any atom is 0.307 e. The van der Waals surface area contributed by atoms with Gasteiger partial charge in [-0.1, -0.05) is 29.3 Å². The number of hydrogen-bond acceptors (Lipinski definition) is 3. The minimum atomic E-state index is -0.265. The van der Waals surface area contributed by atoms with Crippen LogP contribution >= 0.6 is 47.2 Å². The molecule has 1 aromatic rings. The quantitative estimate of drug-likeness (QED) is 0.296. The molecule has 5 nitrogen and oxygen atoms in total. The number of benzene rings is 1. The molecular weight excluding hydrogens is 440 g/mol. The number of aliphatic imine (C=N–C) groups is 1. The predicted molar refractivity (Wildman–Crippen MR) is 101 cm³/mol. The first-order valence-electron chi connectivity index (χ1n) is 6.59. The molecule has 0 amide bonds. The van der Waals surface area contributed by atoms with Gasteiger partial charge in [-0.25, -0.2) is 4.99 Å². The maximum atomic E-state index is 11.1. The number of esters is 1. The largest absolute Gasteiger partial charge is 0.469 e. The molecule has 0 atom stereocenters. The van der Waals surface area contributed by atoms with Gasteiger partial charge >= 0.3 is 5.97 Å². The highest BCUT2D eigenvalue weighted by atomic mass is 127. The number of nitrogens with zero attached hydrogens (tertiary/aromatic N) is 1. The van der Waals surface area contributed by atoms with Gasteiger partial charge in [0.1, 0.15) is 0 Å². The molecule has 0 saturated carbocycles. The van der Waals surface area contributed by atoms with Crippen molar-refractivity contribution < 1.29 is 9.53 Å². The average molecular weight is 460 g/mol. The van der Waals surface area contributed by atoms with E-state index in [-0.39, 0.29) is 36.4 Å². The Morgan fingerprint density at radius 1 is 1.32 bits per heavy atom. The summed E-state index contributed by atoms with van der Waals surface area (Å²) >= 11 is 12.0. The van der Waals surface area contributed by atoms with Crippen LogP contribution in [-0.4, -0.2) is 32.1 Å². The first kappa shape index (κ1) is 21.3. The summed E-state index contributed by atoms with van der Waals surface area (Å²) in [6, 6.07) is 5.30. The molecule has 1 rings (SSSR count). The van der Waals surface area contributed by atoms with Crippen molar-refractivity contribution >= 4 is 59.1 Å². The fourth-order valence-electron chi connectivity index (χ4n) is 1.54. The second kappa shape index (κ2) is 11.8. The van der Waals surface area contributed by atoms with Gasteiger partial charge in [-0.05, 0) is 24.6 Å². The molecule has 0 aliphatic rings.